The van der Waals surface area contributed by atoms with Crippen LogP contribution in [0, 0.1) is 11.3 Å². The Morgan fingerprint density at radius 2 is 2.05 bits per heavy atom. The molecule has 0 saturated carbocycles. The van der Waals surface area contributed by atoms with Gasteiger partial charge in [0.25, 0.3) is 5.91 Å². The topological polar surface area (TPSA) is 90.6 Å². The summed E-state index contributed by atoms with van der Waals surface area (Å²) in [7, 11) is 0. The normalized spacial score (nSPS) is 17.6. The number of nitriles is 1. The zero-order valence-corrected chi connectivity index (χ0v) is 12.4. The molecule has 1 aromatic rings. The van der Waals surface area contributed by atoms with Crippen LogP contribution >= 0.6 is 0 Å². The highest BCUT2D eigenvalue weighted by molar-refractivity contribution is 6.08. The van der Waals surface area contributed by atoms with Crippen LogP contribution in [0.1, 0.15) is 25.5 Å². The summed E-state index contributed by atoms with van der Waals surface area (Å²) in [6.45, 7) is 3.47. The number of hydrogen-bond donors (Lipinski definition) is 1. The van der Waals surface area contributed by atoms with Crippen LogP contribution in [-0.4, -0.2) is 34.8 Å². The van der Waals surface area contributed by atoms with Crippen LogP contribution in [0.3, 0.4) is 0 Å². The van der Waals surface area contributed by atoms with E-state index in [2.05, 4.69) is 0 Å². The zero-order chi connectivity index (χ0) is 16.3. The van der Waals surface area contributed by atoms with E-state index in [9.17, 15) is 14.7 Å². The van der Waals surface area contributed by atoms with Crippen molar-refractivity contribution in [3.63, 3.8) is 0 Å². The number of aliphatic hydroxyl groups excluding tert-OH is 1. The molecule has 6 heteroatoms. The van der Waals surface area contributed by atoms with Gasteiger partial charge in [-0.15, -0.1) is 0 Å². The number of ether oxygens (including phenoxy) is 1. The molecule has 0 saturated heterocycles. The highest BCUT2D eigenvalue weighted by Gasteiger charge is 2.42. The molecule has 0 radical (unpaired) electrons. The number of nitrogens with zero attached hydrogens (tertiary/aromatic N) is 2. The highest BCUT2D eigenvalue weighted by Crippen LogP contribution is 2.37. The van der Waals surface area contributed by atoms with E-state index in [1.54, 1.807) is 24.3 Å². The minimum atomic E-state index is -0.750. The average Bonchev–Trinajstić information content (AvgIpc) is 2.74. The molecule has 0 bridgehead atoms. The largest absolute Gasteiger partial charge is 0.503 e. The predicted molar refractivity (Wildman–Crippen MR) is 78.0 cm³/mol. The van der Waals surface area contributed by atoms with Crippen molar-refractivity contribution >= 4 is 11.7 Å². The van der Waals surface area contributed by atoms with Crippen LogP contribution in [0.4, 0.5) is 0 Å². The minimum absolute atomic E-state index is 0.0180. The number of rotatable bonds is 5. The molecule has 2 rings (SSSR count). The van der Waals surface area contributed by atoms with E-state index in [1.807, 2.05) is 13.0 Å². The van der Waals surface area contributed by atoms with E-state index in [4.69, 9.17) is 10.00 Å². The van der Waals surface area contributed by atoms with E-state index in [0.29, 0.717) is 17.9 Å². The Bertz CT molecular complexity index is 670. The van der Waals surface area contributed by atoms with Crippen molar-refractivity contribution in [3.05, 3.63) is 41.2 Å². The molecule has 1 atom stereocenters. The molecule has 1 amide bonds. The van der Waals surface area contributed by atoms with Gasteiger partial charge in [-0.25, -0.2) is 0 Å². The van der Waals surface area contributed by atoms with Crippen molar-refractivity contribution in [1.82, 2.24) is 4.90 Å². The lowest BCUT2D eigenvalue weighted by molar-refractivity contribution is -0.128. The van der Waals surface area contributed by atoms with Gasteiger partial charge in [0.05, 0.1) is 24.3 Å². The first-order valence-corrected chi connectivity index (χ1v) is 6.86. The number of aliphatic hydroxyl groups is 1. The van der Waals surface area contributed by atoms with Gasteiger partial charge < -0.3 is 14.7 Å². The lowest BCUT2D eigenvalue weighted by Gasteiger charge is -2.24. The number of Topliss-reactive ketones (excluding diaryl/α,β-unsaturated/α-hetero) is 1. The second kappa shape index (κ2) is 6.31. The Hall–Kier alpha value is -2.81. The maximum absolute atomic E-state index is 12.1. The van der Waals surface area contributed by atoms with E-state index in [-0.39, 0.29) is 12.1 Å². The number of ketones is 1. The van der Waals surface area contributed by atoms with Crippen LogP contribution in [0.5, 0.6) is 5.75 Å². The SMILES string of the molecule is CCOc1ccc(C2C(C(C)=O)=C(O)C(=O)N2CC#N)cc1. The van der Waals surface area contributed by atoms with Crippen molar-refractivity contribution in [1.29, 1.82) is 5.26 Å². The van der Waals surface area contributed by atoms with Gasteiger partial charge >= 0.3 is 0 Å². The summed E-state index contributed by atoms with van der Waals surface area (Å²) < 4.78 is 5.35. The lowest BCUT2D eigenvalue weighted by Crippen LogP contribution is -2.31. The van der Waals surface area contributed by atoms with Crippen molar-refractivity contribution in [2.75, 3.05) is 13.2 Å². The first-order chi connectivity index (χ1) is 10.5. The monoisotopic (exact) mass is 300 g/mol. The molecular formula is C16H16N2O4. The molecule has 1 aliphatic heterocycles. The van der Waals surface area contributed by atoms with Crippen LogP contribution in [0.15, 0.2) is 35.6 Å². The third-order valence-electron chi connectivity index (χ3n) is 3.43. The Labute approximate surface area is 128 Å². The zero-order valence-electron chi connectivity index (χ0n) is 12.4. The van der Waals surface area contributed by atoms with E-state index < -0.39 is 23.5 Å². The molecule has 1 unspecified atom stereocenters. The molecule has 0 aromatic heterocycles. The molecule has 1 heterocycles. The number of carbonyl (C=O) groups is 2. The molecule has 6 nitrogen and oxygen atoms in total. The quantitative estimate of drug-likeness (QED) is 0.839. The van der Waals surface area contributed by atoms with E-state index >= 15 is 0 Å². The Morgan fingerprint density at radius 3 is 2.55 bits per heavy atom. The number of carbonyl (C=O) groups excluding carboxylic acids is 2. The first kappa shape index (κ1) is 15.6. The standard InChI is InChI=1S/C16H16N2O4/c1-3-22-12-6-4-11(5-7-12)14-13(10(2)19)15(20)16(21)18(14)9-8-17/h4-7,14,20H,3,9H2,1-2H3. The van der Waals surface area contributed by atoms with Crippen molar-refractivity contribution in [2.24, 2.45) is 0 Å². The number of amides is 1. The van der Waals surface area contributed by atoms with E-state index in [1.165, 1.54) is 11.8 Å². The minimum Gasteiger partial charge on any atom is -0.503 e. The molecular weight excluding hydrogens is 284 g/mol. The smallest absolute Gasteiger partial charge is 0.290 e. The first-order valence-electron chi connectivity index (χ1n) is 6.86. The van der Waals surface area contributed by atoms with Crippen molar-refractivity contribution in [3.8, 4) is 11.8 Å². The van der Waals surface area contributed by atoms with Gasteiger partial charge in [-0.1, -0.05) is 12.1 Å². The highest BCUT2D eigenvalue weighted by atomic mass is 16.5. The molecule has 1 aliphatic rings. The van der Waals surface area contributed by atoms with Crippen LogP contribution in [-0.2, 0) is 9.59 Å². The second-order valence-electron chi connectivity index (χ2n) is 4.81. The third kappa shape index (κ3) is 2.66. The van der Waals surface area contributed by atoms with Gasteiger partial charge in [0.15, 0.2) is 11.5 Å². The molecule has 1 N–H and O–H groups in total. The van der Waals surface area contributed by atoms with E-state index in [0.717, 1.165) is 0 Å². The van der Waals surface area contributed by atoms with Crippen molar-refractivity contribution < 1.29 is 19.4 Å². The lowest BCUT2D eigenvalue weighted by atomic mass is 9.97. The third-order valence-corrected chi connectivity index (χ3v) is 3.43. The fourth-order valence-corrected chi connectivity index (χ4v) is 2.51. The molecule has 0 aliphatic carbocycles. The molecule has 22 heavy (non-hydrogen) atoms. The summed E-state index contributed by atoms with van der Waals surface area (Å²) in [6, 6.07) is 8.01. The fraction of sp³-hybridized carbons (Fsp3) is 0.312. The van der Waals surface area contributed by atoms with Crippen molar-refractivity contribution in [2.45, 2.75) is 19.9 Å². The predicted octanol–water partition coefficient (Wildman–Crippen LogP) is 1.89. The Kier molecular flexibility index (Phi) is 4.47. The summed E-state index contributed by atoms with van der Waals surface area (Å²) in [5, 5.41) is 18.8. The van der Waals surface area contributed by atoms with Gasteiger partial charge in [-0.05, 0) is 31.5 Å². The maximum Gasteiger partial charge on any atom is 0.290 e. The second-order valence-corrected chi connectivity index (χ2v) is 4.81. The summed E-state index contributed by atoms with van der Waals surface area (Å²) >= 11 is 0. The van der Waals surface area contributed by atoms with Gasteiger partial charge in [0, 0.05) is 0 Å². The van der Waals surface area contributed by atoms with Gasteiger partial charge in [0.2, 0.25) is 0 Å². The van der Waals surface area contributed by atoms with Gasteiger partial charge in [-0.2, -0.15) is 5.26 Å². The van der Waals surface area contributed by atoms with Gasteiger partial charge in [0.1, 0.15) is 12.3 Å². The average molecular weight is 300 g/mol. The summed E-state index contributed by atoms with van der Waals surface area (Å²) in [5.74, 6) is -1.02. The van der Waals surface area contributed by atoms with Crippen LogP contribution in [0.2, 0.25) is 0 Å². The molecule has 0 fully saturated rings. The summed E-state index contributed by atoms with van der Waals surface area (Å²) in [4.78, 5) is 25.0. The molecule has 1 aromatic carbocycles. The van der Waals surface area contributed by atoms with Gasteiger partial charge in [-0.3, -0.25) is 9.59 Å². The Morgan fingerprint density at radius 1 is 1.41 bits per heavy atom. The van der Waals surface area contributed by atoms with Crippen LogP contribution in [0.25, 0.3) is 0 Å². The number of hydrogen-bond acceptors (Lipinski definition) is 5. The van der Waals surface area contributed by atoms with Crippen LogP contribution < -0.4 is 4.74 Å². The Balaban J connectivity index is 2.45. The molecule has 114 valence electrons. The summed E-state index contributed by atoms with van der Waals surface area (Å²) in [5.41, 5.74) is 0.658. The molecule has 0 spiro atoms. The number of benzene rings is 1. The maximum atomic E-state index is 12.1. The fourth-order valence-electron chi connectivity index (χ4n) is 2.51. The summed E-state index contributed by atoms with van der Waals surface area (Å²) in [6.07, 6.45) is 0.